The number of hydrogen-bond acceptors (Lipinski definition) is 8. The number of para-hydroxylation sites is 1. The van der Waals surface area contributed by atoms with Crippen LogP contribution in [0.5, 0.6) is 0 Å². The first-order chi connectivity index (χ1) is 14.4. The summed E-state index contributed by atoms with van der Waals surface area (Å²) in [6, 6.07) is 12.6. The number of nitrogens with zero attached hydrogens (tertiary/aromatic N) is 5. The second-order valence-electron chi connectivity index (χ2n) is 6.23. The fourth-order valence-corrected chi connectivity index (χ4v) is 2.67. The minimum atomic E-state index is -4.49. The van der Waals surface area contributed by atoms with Gasteiger partial charge in [-0.25, -0.2) is 9.61 Å². The van der Waals surface area contributed by atoms with Crippen LogP contribution in [-0.4, -0.2) is 26.5 Å². The monoisotopic (exact) mass is 413 g/mol. The fourth-order valence-electron chi connectivity index (χ4n) is 2.67. The summed E-state index contributed by atoms with van der Waals surface area (Å²) in [5.74, 6) is 0.399. The Morgan fingerprint density at radius 3 is 2.33 bits per heavy atom. The van der Waals surface area contributed by atoms with Crippen LogP contribution in [0.25, 0.3) is 11.3 Å². The Bertz CT molecular complexity index is 1220. The molecule has 4 aromatic rings. The molecule has 8 nitrogen and oxygen atoms in total. The molecule has 2 aromatic carbocycles. The minimum Gasteiger partial charge on any atom is -0.337 e. The van der Waals surface area contributed by atoms with E-state index in [2.05, 4.69) is 40.8 Å². The number of fused-ring (bicyclic) bond motifs is 1. The SMILES string of the molecule is Cc1ccccc1Nc1nc2nonc2nc1N/N=C/c1ccccc1C(F)(F)F. The van der Waals surface area contributed by atoms with Crippen LogP contribution in [0.15, 0.2) is 58.3 Å². The summed E-state index contributed by atoms with van der Waals surface area (Å²) in [6.07, 6.45) is -3.43. The number of aromatic nitrogens is 4. The van der Waals surface area contributed by atoms with Crippen LogP contribution in [-0.2, 0) is 6.18 Å². The summed E-state index contributed by atoms with van der Waals surface area (Å²) in [5, 5.41) is 14.3. The largest absolute Gasteiger partial charge is 0.417 e. The van der Waals surface area contributed by atoms with Crippen LogP contribution >= 0.6 is 0 Å². The van der Waals surface area contributed by atoms with Gasteiger partial charge in [0.15, 0.2) is 11.6 Å². The van der Waals surface area contributed by atoms with Crippen molar-refractivity contribution in [2.24, 2.45) is 5.10 Å². The van der Waals surface area contributed by atoms with E-state index >= 15 is 0 Å². The zero-order valence-corrected chi connectivity index (χ0v) is 15.5. The molecule has 11 heteroatoms. The molecular weight excluding hydrogens is 399 g/mol. The number of alkyl halides is 3. The third-order valence-electron chi connectivity index (χ3n) is 4.15. The highest BCUT2D eigenvalue weighted by molar-refractivity contribution is 5.83. The molecule has 2 aromatic heterocycles. The molecule has 0 aliphatic rings. The molecule has 0 spiro atoms. The van der Waals surface area contributed by atoms with Gasteiger partial charge in [-0.15, -0.1) is 0 Å². The zero-order chi connectivity index (χ0) is 21.1. The van der Waals surface area contributed by atoms with Gasteiger partial charge < -0.3 is 5.32 Å². The van der Waals surface area contributed by atoms with Crippen LogP contribution in [0, 0.1) is 6.92 Å². The molecule has 0 bridgehead atoms. The van der Waals surface area contributed by atoms with Gasteiger partial charge in [0.05, 0.1) is 11.8 Å². The van der Waals surface area contributed by atoms with E-state index in [4.69, 9.17) is 0 Å². The lowest BCUT2D eigenvalue weighted by Crippen LogP contribution is -2.09. The van der Waals surface area contributed by atoms with Crippen molar-refractivity contribution >= 4 is 34.8 Å². The maximum Gasteiger partial charge on any atom is 0.417 e. The Kier molecular flexibility index (Phi) is 5.00. The number of rotatable bonds is 5. The van der Waals surface area contributed by atoms with E-state index in [-0.39, 0.29) is 28.5 Å². The molecule has 0 saturated heterocycles. The van der Waals surface area contributed by atoms with Crippen molar-refractivity contribution in [1.29, 1.82) is 0 Å². The Hall–Kier alpha value is -4.02. The Morgan fingerprint density at radius 1 is 0.933 bits per heavy atom. The molecular formula is C19H14F3N7O. The summed E-state index contributed by atoms with van der Waals surface area (Å²) in [6.45, 7) is 1.91. The number of aryl methyl sites for hydroxylation is 1. The maximum atomic E-state index is 13.1. The lowest BCUT2D eigenvalue weighted by Gasteiger charge is -2.11. The highest BCUT2D eigenvalue weighted by Gasteiger charge is 2.32. The van der Waals surface area contributed by atoms with Crippen molar-refractivity contribution in [2.75, 3.05) is 10.7 Å². The molecule has 2 heterocycles. The zero-order valence-electron chi connectivity index (χ0n) is 15.5. The summed E-state index contributed by atoms with van der Waals surface area (Å²) in [5.41, 5.74) is 3.73. The predicted octanol–water partition coefficient (Wildman–Crippen LogP) is 4.53. The van der Waals surface area contributed by atoms with Gasteiger partial charge >= 0.3 is 6.18 Å². The molecule has 0 unspecified atom stereocenters. The Morgan fingerprint density at radius 2 is 1.60 bits per heavy atom. The van der Waals surface area contributed by atoms with Gasteiger partial charge in [0.25, 0.3) is 0 Å². The molecule has 0 saturated carbocycles. The van der Waals surface area contributed by atoms with E-state index in [0.717, 1.165) is 23.5 Å². The third kappa shape index (κ3) is 4.04. The third-order valence-corrected chi connectivity index (χ3v) is 4.15. The number of hydrazone groups is 1. The lowest BCUT2D eigenvalue weighted by atomic mass is 10.1. The van der Waals surface area contributed by atoms with Gasteiger partial charge in [0, 0.05) is 11.3 Å². The predicted molar refractivity (Wildman–Crippen MR) is 105 cm³/mol. The maximum absolute atomic E-state index is 13.1. The summed E-state index contributed by atoms with van der Waals surface area (Å²) >= 11 is 0. The molecule has 30 heavy (non-hydrogen) atoms. The summed E-state index contributed by atoms with van der Waals surface area (Å²) in [4.78, 5) is 8.52. The average Bonchev–Trinajstić information content (AvgIpc) is 3.16. The molecule has 152 valence electrons. The number of nitrogens with one attached hydrogen (secondary N) is 2. The molecule has 0 radical (unpaired) electrons. The van der Waals surface area contributed by atoms with Crippen molar-refractivity contribution in [3.8, 4) is 0 Å². The summed E-state index contributed by atoms with van der Waals surface area (Å²) < 4.78 is 44.1. The highest BCUT2D eigenvalue weighted by atomic mass is 19.4. The molecule has 0 aliphatic carbocycles. The van der Waals surface area contributed by atoms with Crippen LogP contribution in [0.4, 0.5) is 30.5 Å². The van der Waals surface area contributed by atoms with E-state index in [0.29, 0.717) is 0 Å². The first-order valence-corrected chi connectivity index (χ1v) is 8.70. The molecule has 4 rings (SSSR count). The van der Waals surface area contributed by atoms with Gasteiger partial charge in [-0.1, -0.05) is 36.4 Å². The van der Waals surface area contributed by atoms with Crippen LogP contribution in [0.1, 0.15) is 16.7 Å². The normalized spacial score (nSPS) is 11.9. The van der Waals surface area contributed by atoms with Crippen LogP contribution in [0.3, 0.4) is 0 Å². The van der Waals surface area contributed by atoms with E-state index in [1.807, 2.05) is 31.2 Å². The lowest BCUT2D eigenvalue weighted by molar-refractivity contribution is -0.137. The molecule has 0 aliphatic heterocycles. The van der Waals surface area contributed by atoms with E-state index in [9.17, 15) is 13.2 Å². The van der Waals surface area contributed by atoms with Gasteiger partial charge in [-0.3, -0.25) is 5.43 Å². The molecule has 0 fully saturated rings. The number of halogens is 3. The van der Waals surface area contributed by atoms with Gasteiger partial charge in [-0.05, 0) is 34.9 Å². The van der Waals surface area contributed by atoms with Crippen molar-refractivity contribution in [3.63, 3.8) is 0 Å². The Labute approximate surface area is 167 Å². The van der Waals surface area contributed by atoms with E-state index in [1.165, 1.54) is 18.2 Å². The van der Waals surface area contributed by atoms with E-state index < -0.39 is 11.7 Å². The quantitative estimate of drug-likeness (QED) is 0.366. The number of hydrogen-bond donors (Lipinski definition) is 2. The van der Waals surface area contributed by atoms with Crippen molar-refractivity contribution in [1.82, 2.24) is 20.3 Å². The van der Waals surface area contributed by atoms with Crippen LogP contribution < -0.4 is 10.7 Å². The second kappa shape index (κ2) is 7.78. The fraction of sp³-hybridized carbons (Fsp3) is 0.105. The number of anilines is 3. The van der Waals surface area contributed by atoms with E-state index in [1.54, 1.807) is 0 Å². The highest BCUT2D eigenvalue weighted by Crippen LogP contribution is 2.31. The first kappa shape index (κ1) is 19.3. The van der Waals surface area contributed by atoms with Gasteiger partial charge in [0.1, 0.15) is 0 Å². The van der Waals surface area contributed by atoms with Gasteiger partial charge in [-0.2, -0.15) is 23.3 Å². The van der Waals surface area contributed by atoms with Crippen LogP contribution in [0.2, 0.25) is 0 Å². The average molecular weight is 413 g/mol. The molecule has 0 atom stereocenters. The smallest absolute Gasteiger partial charge is 0.337 e. The topological polar surface area (TPSA) is 101 Å². The van der Waals surface area contributed by atoms with Crippen molar-refractivity contribution in [2.45, 2.75) is 13.1 Å². The van der Waals surface area contributed by atoms with Crippen molar-refractivity contribution in [3.05, 3.63) is 65.2 Å². The van der Waals surface area contributed by atoms with Gasteiger partial charge in [0.2, 0.25) is 11.3 Å². The molecule has 0 amide bonds. The first-order valence-electron chi connectivity index (χ1n) is 8.70. The minimum absolute atomic E-state index is 0.0944. The van der Waals surface area contributed by atoms with Crippen molar-refractivity contribution < 1.29 is 17.8 Å². The summed E-state index contributed by atoms with van der Waals surface area (Å²) in [7, 11) is 0. The number of benzene rings is 2. The Balaban J connectivity index is 1.66. The second-order valence-corrected chi connectivity index (χ2v) is 6.23. The molecule has 2 N–H and O–H groups in total. The standard InChI is InChI=1S/C19H14F3N7O/c1-11-6-2-5-9-14(11)24-15-16(26-18-17(25-15)28-30-29-18)27-23-10-12-7-3-4-8-13(12)19(20,21)22/h2-10H,1H3,(H,24,25,28)(H,26,27,29)/b23-10+.